The number of carbonyl (C=O) groups excluding carboxylic acids is 1. The van der Waals surface area contributed by atoms with Crippen LogP contribution in [0.3, 0.4) is 0 Å². The molecule has 0 unspecified atom stereocenters. The average Bonchev–Trinajstić information content (AvgIpc) is 2.84. The molecule has 0 aromatic carbocycles. The normalized spacial score (nSPS) is 14.3. The van der Waals surface area contributed by atoms with Crippen LogP contribution in [-0.2, 0) is 13.6 Å². The van der Waals surface area contributed by atoms with Gasteiger partial charge in [0.2, 0.25) is 0 Å². The van der Waals surface area contributed by atoms with Gasteiger partial charge in [0, 0.05) is 36.6 Å². The fraction of sp³-hybridized carbons (Fsp3) is 0.182. The van der Waals surface area contributed by atoms with Gasteiger partial charge >= 0.3 is 0 Å². The molecule has 5 nitrogen and oxygen atoms in total. The minimum absolute atomic E-state index is 0.0148. The van der Waals surface area contributed by atoms with Crippen LogP contribution in [0.4, 0.5) is 5.82 Å². The van der Waals surface area contributed by atoms with Crippen molar-refractivity contribution in [3.05, 3.63) is 41.9 Å². The lowest BCUT2D eigenvalue weighted by Gasteiger charge is -2.14. The van der Waals surface area contributed by atoms with E-state index in [1.807, 2.05) is 13.1 Å². The van der Waals surface area contributed by atoms with Gasteiger partial charge in [-0.15, -0.1) is 0 Å². The minimum Gasteiger partial charge on any atom is -0.288 e. The van der Waals surface area contributed by atoms with E-state index >= 15 is 0 Å². The zero-order valence-electron chi connectivity index (χ0n) is 8.79. The summed E-state index contributed by atoms with van der Waals surface area (Å²) in [6.07, 6.45) is 5.07. The molecule has 2 aromatic heterocycles. The number of hydrogen-bond donors (Lipinski definition) is 0. The van der Waals surface area contributed by atoms with Crippen molar-refractivity contribution in [2.45, 2.75) is 6.54 Å². The molecular formula is C11H10N4O. The third-order valence-corrected chi connectivity index (χ3v) is 2.78. The zero-order chi connectivity index (χ0) is 11.1. The van der Waals surface area contributed by atoms with E-state index in [-0.39, 0.29) is 5.91 Å². The fourth-order valence-electron chi connectivity index (χ4n) is 1.97. The summed E-state index contributed by atoms with van der Waals surface area (Å²) in [7, 11) is 1.82. The van der Waals surface area contributed by atoms with Gasteiger partial charge in [-0.3, -0.25) is 19.4 Å². The molecule has 0 saturated carbocycles. The largest absolute Gasteiger partial charge is 0.288 e. The van der Waals surface area contributed by atoms with Crippen molar-refractivity contribution in [1.82, 2.24) is 14.8 Å². The Balaban J connectivity index is 2.05. The van der Waals surface area contributed by atoms with Crippen LogP contribution in [0.5, 0.6) is 0 Å². The SMILES string of the molecule is Cn1nccc1N1Cc2cnccc2C1=O. The Morgan fingerprint density at radius 1 is 1.31 bits per heavy atom. The van der Waals surface area contributed by atoms with Crippen LogP contribution >= 0.6 is 0 Å². The maximum absolute atomic E-state index is 12.1. The van der Waals surface area contributed by atoms with Crippen molar-refractivity contribution < 1.29 is 4.79 Å². The molecule has 5 heteroatoms. The quantitative estimate of drug-likeness (QED) is 0.711. The van der Waals surface area contributed by atoms with Crippen LogP contribution in [0.2, 0.25) is 0 Å². The molecule has 2 aromatic rings. The average molecular weight is 214 g/mol. The van der Waals surface area contributed by atoms with Crippen LogP contribution in [0.15, 0.2) is 30.7 Å². The topological polar surface area (TPSA) is 51.0 Å². The molecule has 0 spiro atoms. The van der Waals surface area contributed by atoms with Gasteiger partial charge in [-0.05, 0) is 6.07 Å². The number of fused-ring (bicyclic) bond motifs is 1. The third-order valence-electron chi connectivity index (χ3n) is 2.78. The van der Waals surface area contributed by atoms with Crippen molar-refractivity contribution >= 4 is 11.7 Å². The van der Waals surface area contributed by atoms with E-state index in [9.17, 15) is 4.79 Å². The molecular weight excluding hydrogens is 204 g/mol. The molecule has 0 bridgehead atoms. The van der Waals surface area contributed by atoms with Crippen molar-refractivity contribution in [3.8, 4) is 0 Å². The summed E-state index contributed by atoms with van der Waals surface area (Å²) in [5.41, 5.74) is 1.70. The summed E-state index contributed by atoms with van der Waals surface area (Å²) in [6.45, 7) is 0.571. The van der Waals surface area contributed by atoms with Crippen molar-refractivity contribution in [1.29, 1.82) is 0 Å². The highest BCUT2D eigenvalue weighted by atomic mass is 16.2. The highest BCUT2D eigenvalue weighted by Crippen LogP contribution is 2.26. The van der Waals surface area contributed by atoms with Crippen molar-refractivity contribution in [2.75, 3.05) is 4.90 Å². The van der Waals surface area contributed by atoms with Crippen LogP contribution < -0.4 is 4.90 Å². The van der Waals surface area contributed by atoms with Gasteiger partial charge in [-0.1, -0.05) is 0 Å². The molecule has 3 rings (SSSR count). The summed E-state index contributed by atoms with van der Waals surface area (Å²) in [5.74, 6) is 0.821. The Kier molecular flexibility index (Phi) is 1.80. The fourth-order valence-corrected chi connectivity index (χ4v) is 1.97. The molecule has 0 radical (unpaired) electrons. The predicted octanol–water partition coefficient (Wildman–Crippen LogP) is 0.976. The lowest BCUT2D eigenvalue weighted by Crippen LogP contribution is -2.25. The van der Waals surface area contributed by atoms with Crippen LogP contribution in [0, 0.1) is 0 Å². The number of amides is 1. The first-order valence-electron chi connectivity index (χ1n) is 5.00. The van der Waals surface area contributed by atoms with Crippen LogP contribution in [0.1, 0.15) is 15.9 Å². The van der Waals surface area contributed by atoms with E-state index in [2.05, 4.69) is 10.1 Å². The Morgan fingerprint density at radius 3 is 2.88 bits per heavy atom. The molecule has 0 aliphatic carbocycles. The Morgan fingerprint density at radius 2 is 2.19 bits per heavy atom. The molecule has 80 valence electrons. The van der Waals surface area contributed by atoms with E-state index in [1.54, 1.807) is 34.2 Å². The molecule has 16 heavy (non-hydrogen) atoms. The number of anilines is 1. The van der Waals surface area contributed by atoms with Gasteiger partial charge in [0.1, 0.15) is 5.82 Å². The number of hydrogen-bond acceptors (Lipinski definition) is 3. The number of carbonyl (C=O) groups is 1. The minimum atomic E-state index is 0.0148. The molecule has 1 aliphatic heterocycles. The van der Waals surface area contributed by atoms with Gasteiger partial charge in [-0.25, -0.2) is 0 Å². The van der Waals surface area contributed by atoms with Crippen molar-refractivity contribution in [2.24, 2.45) is 7.05 Å². The summed E-state index contributed by atoms with van der Waals surface area (Å²) in [4.78, 5) is 17.8. The molecule has 0 atom stereocenters. The third kappa shape index (κ3) is 1.14. The monoisotopic (exact) mass is 214 g/mol. The Hall–Kier alpha value is -2.17. The second kappa shape index (κ2) is 3.16. The first-order chi connectivity index (χ1) is 7.77. The van der Waals surface area contributed by atoms with Gasteiger partial charge in [0.05, 0.1) is 12.7 Å². The number of pyridine rings is 1. The van der Waals surface area contributed by atoms with E-state index in [0.717, 1.165) is 16.9 Å². The van der Waals surface area contributed by atoms with E-state index in [1.165, 1.54) is 0 Å². The zero-order valence-corrected chi connectivity index (χ0v) is 8.79. The van der Waals surface area contributed by atoms with Gasteiger partial charge in [0.15, 0.2) is 0 Å². The van der Waals surface area contributed by atoms with E-state index in [0.29, 0.717) is 6.54 Å². The van der Waals surface area contributed by atoms with Crippen LogP contribution in [-0.4, -0.2) is 20.7 Å². The summed E-state index contributed by atoms with van der Waals surface area (Å²) in [5, 5.41) is 4.07. The first kappa shape index (κ1) is 9.08. The summed E-state index contributed by atoms with van der Waals surface area (Å²) >= 11 is 0. The Labute approximate surface area is 92.3 Å². The van der Waals surface area contributed by atoms with Gasteiger partial charge < -0.3 is 0 Å². The first-order valence-corrected chi connectivity index (χ1v) is 5.00. The standard InChI is InChI=1S/C11H10N4O/c1-14-10(3-5-13-14)15-7-8-6-12-4-2-9(8)11(15)16/h2-6H,7H2,1H3. The van der Waals surface area contributed by atoms with Crippen LogP contribution in [0.25, 0.3) is 0 Å². The Bertz CT molecular complexity index is 561. The lowest BCUT2D eigenvalue weighted by molar-refractivity contribution is 0.0995. The number of rotatable bonds is 1. The van der Waals surface area contributed by atoms with E-state index < -0.39 is 0 Å². The number of nitrogens with zero attached hydrogens (tertiary/aromatic N) is 4. The molecule has 1 amide bonds. The molecule has 0 saturated heterocycles. The van der Waals surface area contributed by atoms with Crippen molar-refractivity contribution in [3.63, 3.8) is 0 Å². The number of aromatic nitrogens is 3. The lowest BCUT2D eigenvalue weighted by atomic mass is 10.2. The highest BCUT2D eigenvalue weighted by Gasteiger charge is 2.29. The highest BCUT2D eigenvalue weighted by molar-refractivity contribution is 6.09. The summed E-state index contributed by atoms with van der Waals surface area (Å²) < 4.78 is 1.69. The smallest absolute Gasteiger partial charge is 0.260 e. The second-order valence-electron chi connectivity index (χ2n) is 3.74. The number of aryl methyl sites for hydroxylation is 1. The maximum atomic E-state index is 12.1. The summed E-state index contributed by atoms with van der Waals surface area (Å²) in [6, 6.07) is 3.59. The van der Waals surface area contributed by atoms with Gasteiger partial charge in [-0.2, -0.15) is 5.10 Å². The molecule has 3 heterocycles. The predicted molar refractivity (Wildman–Crippen MR) is 58.0 cm³/mol. The van der Waals surface area contributed by atoms with Gasteiger partial charge in [0.25, 0.3) is 5.91 Å². The molecule has 0 fully saturated rings. The maximum Gasteiger partial charge on any atom is 0.260 e. The molecule has 1 aliphatic rings. The van der Waals surface area contributed by atoms with E-state index in [4.69, 9.17) is 0 Å². The second-order valence-corrected chi connectivity index (χ2v) is 3.74. The molecule has 0 N–H and O–H groups in total.